The quantitative estimate of drug-likeness (QED) is 0.632. The fourth-order valence-corrected chi connectivity index (χ4v) is 1.51. The predicted octanol–water partition coefficient (Wildman–Crippen LogP) is 2.42. The second kappa shape index (κ2) is 8.18. The van der Waals surface area contributed by atoms with E-state index in [1.165, 1.54) is 19.4 Å². The Hall–Kier alpha value is -0.150. The first-order valence-corrected chi connectivity index (χ1v) is 5.97. The molecule has 2 N–H and O–H groups in total. The molecule has 0 aromatic rings. The summed E-state index contributed by atoms with van der Waals surface area (Å²) < 4.78 is 0. The summed E-state index contributed by atoms with van der Waals surface area (Å²) in [4.78, 5) is 3.05. The molecule has 0 aliphatic carbocycles. The lowest BCUT2D eigenvalue weighted by Gasteiger charge is -2.20. The van der Waals surface area contributed by atoms with Crippen molar-refractivity contribution in [1.29, 1.82) is 0 Å². The fraction of sp³-hybridized carbons (Fsp3) is 0.909. The largest absolute Gasteiger partial charge is 0.393 e. The Morgan fingerprint density at radius 2 is 2.00 bits per heavy atom. The minimum atomic E-state index is 0.632. The minimum Gasteiger partial charge on any atom is -0.393 e. The first-order valence-electron chi connectivity index (χ1n) is 5.57. The number of hydrogen-bond acceptors (Lipinski definition) is 2. The second-order valence-corrected chi connectivity index (χ2v) is 4.71. The number of nitrogens with zero attached hydrogens (tertiary/aromatic N) is 1. The second-order valence-electron chi connectivity index (χ2n) is 4.19. The topological polar surface area (TPSA) is 29.3 Å². The molecule has 0 amide bonds. The Kier molecular flexibility index (Phi) is 8.09. The van der Waals surface area contributed by atoms with Gasteiger partial charge in [-0.1, -0.05) is 33.0 Å². The monoisotopic (exact) mass is 216 g/mol. The van der Waals surface area contributed by atoms with Crippen molar-refractivity contribution in [3.8, 4) is 0 Å². The van der Waals surface area contributed by atoms with E-state index in [9.17, 15) is 0 Å². The number of hydrogen-bond donors (Lipinski definition) is 1. The van der Waals surface area contributed by atoms with Crippen LogP contribution in [-0.2, 0) is 0 Å². The summed E-state index contributed by atoms with van der Waals surface area (Å²) in [6.45, 7) is 10.0. The van der Waals surface area contributed by atoms with Crippen LogP contribution in [0.25, 0.3) is 0 Å². The standard InChI is InChI=1S/C11H24N2S/c1-4-13(9-7-11(12)14)8-5-6-10(2)3/h10H,4-9H2,1-3H3,(H2,12,14). The van der Waals surface area contributed by atoms with Gasteiger partial charge in [-0.2, -0.15) is 0 Å². The molecule has 0 heterocycles. The normalized spacial score (nSPS) is 11.2. The average molecular weight is 216 g/mol. The van der Waals surface area contributed by atoms with Crippen LogP contribution in [0.5, 0.6) is 0 Å². The Bertz CT molecular complexity index is 157. The molecule has 0 radical (unpaired) electrons. The van der Waals surface area contributed by atoms with E-state index in [2.05, 4.69) is 25.7 Å². The van der Waals surface area contributed by atoms with Crippen LogP contribution in [0, 0.1) is 5.92 Å². The van der Waals surface area contributed by atoms with E-state index in [0.29, 0.717) is 4.99 Å². The van der Waals surface area contributed by atoms with Crippen molar-refractivity contribution in [3.63, 3.8) is 0 Å². The Balaban J connectivity index is 3.52. The molecule has 0 aliphatic rings. The molecule has 0 aromatic heterocycles. The Labute approximate surface area is 93.8 Å². The van der Waals surface area contributed by atoms with Crippen LogP contribution in [-0.4, -0.2) is 29.5 Å². The van der Waals surface area contributed by atoms with Crippen LogP contribution < -0.4 is 5.73 Å². The maximum absolute atomic E-state index is 5.48. The number of thiocarbonyl (C=S) groups is 1. The van der Waals surface area contributed by atoms with Gasteiger partial charge in [0.1, 0.15) is 0 Å². The van der Waals surface area contributed by atoms with E-state index in [0.717, 1.165) is 25.4 Å². The first-order chi connectivity index (χ1) is 6.56. The maximum atomic E-state index is 5.48. The van der Waals surface area contributed by atoms with Crippen LogP contribution >= 0.6 is 12.2 Å². The van der Waals surface area contributed by atoms with E-state index >= 15 is 0 Å². The molecular weight excluding hydrogens is 192 g/mol. The molecule has 0 atom stereocenters. The van der Waals surface area contributed by atoms with Gasteiger partial charge >= 0.3 is 0 Å². The van der Waals surface area contributed by atoms with Crippen molar-refractivity contribution < 1.29 is 0 Å². The van der Waals surface area contributed by atoms with Gasteiger partial charge in [-0.05, 0) is 31.8 Å². The Morgan fingerprint density at radius 3 is 2.43 bits per heavy atom. The van der Waals surface area contributed by atoms with E-state index in [4.69, 9.17) is 18.0 Å². The lowest BCUT2D eigenvalue weighted by Crippen LogP contribution is -2.28. The molecule has 0 aromatic carbocycles. The van der Waals surface area contributed by atoms with Crippen molar-refractivity contribution >= 4 is 17.2 Å². The first kappa shape index (κ1) is 13.8. The summed E-state index contributed by atoms with van der Waals surface area (Å²) >= 11 is 4.87. The van der Waals surface area contributed by atoms with Crippen LogP contribution in [0.2, 0.25) is 0 Å². The molecule has 0 unspecified atom stereocenters. The molecule has 0 bridgehead atoms. The third-order valence-electron chi connectivity index (χ3n) is 2.38. The highest BCUT2D eigenvalue weighted by Crippen LogP contribution is 2.05. The van der Waals surface area contributed by atoms with E-state index in [1.54, 1.807) is 0 Å². The average Bonchev–Trinajstić information content (AvgIpc) is 2.10. The Morgan fingerprint density at radius 1 is 1.36 bits per heavy atom. The molecule has 14 heavy (non-hydrogen) atoms. The smallest absolute Gasteiger partial charge is 0.0740 e. The van der Waals surface area contributed by atoms with Gasteiger partial charge < -0.3 is 10.6 Å². The highest BCUT2D eigenvalue weighted by molar-refractivity contribution is 7.80. The third-order valence-corrected chi connectivity index (χ3v) is 2.58. The van der Waals surface area contributed by atoms with Gasteiger partial charge in [-0.3, -0.25) is 0 Å². The molecule has 0 saturated carbocycles. The molecule has 3 heteroatoms. The van der Waals surface area contributed by atoms with Crippen LogP contribution in [0.3, 0.4) is 0 Å². The number of nitrogens with two attached hydrogens (primary N) is 1. The molecule has 0 aliphatic heterocycles. The molecule has 84 valence electrons. The summed E-state index contributed by atoms with van der Waals surface area (Å²) in [7, 11) is 0. The number of rotatable bonds is 8. The predicted molar refractivity (Wildman–Crippen MR) is 67.6 cm³/mol. The zero-order valence-electron chi connectivity index (χ0n) is 9.75. The SMILES string of the molecule is CCN(CCCC(C)C)CCC(N)=S. The highest BCUT2D eigenvalue weighted by Gasteiger charge is 2.03. The van der Waals surface area contributed by atoms with Crippen LogP contribution in [0.1, 0.15) is 40.0 Å². The summed E-state index contributed by atoms with van der Waals surface area (Å²) in [6, 6.07) is 0. The zero-order valence-corrected chi connectivity index (χ0v) is 10.6. The van der Waals surface area contributed by atoms with Crippen LogP contribution in [0.4, 0.5) is 0 Å². The summed E-state index contributed by atoms with van der Waals surface area (Å²) in [5.41, 5.74) is 5.48. The van der Waals surface area contributed by atoms with Gasteiger partial charge in [0.15, 0.2) is 0 Å². The third kappa shape index (κ3) is 8.45. The van der Waals surface area contributed by atoms with Gasteiger partial charge in [0.05, 0.1) is 4.99 Å². The van der Waals surface area contributed by atoms with Crippen molar-refractivity contribution in [2.75, 3.05) is 19.6 Å². The van der Waals surface area contributed by atoms with E-state index in [1.807, 2.05) is 0 Å². The van der Waals surface area contributed by atoms with Gasteiger partial charge in [-0.15, -0.1) is 0 Å². The lowest BCUT2D eigenvalue weighted by atomic mass is 10.1. The van der Waals surface area contributed by atoms with Crippen molar-refractivity contribution in [1.82, 2.24) is 4.90 Å². The van der Waals surface area contributed by atoms with Gasteiger partial charge in [0, 0.05) is 13.0 Å². The van der Waals surface area contributed by atoms with Gasteiger partial charge in [0.2, 0.25) is 0 Å². The van der Waals surface area contributed by atoms with E-state index in [-0.39, 0.29) is 0 Å². The highest BCUT2D eigenvalue weighted by atomic mass is 32.1. The molecular formula is C11H24N2S. The van der Waals surface area contributed by atoms with Gasteiger partial charge in [-0.25, -0.2) is 0 Å². The van der Waals surface area contributed by atoms with Crippen molar-refractivity contribution in [3.05, 3.63) is 0 Å². The molecule has 0 spiro atoms. The maximum Gasteiger partial charge on any atom is 0.0740 e. The molecule has 2 nitrogen and oxygen atoms in total. The summed E-state index contributed by atoms with van der Waals surface area (Å²) in [5.74, 6) is 0.810. The molecule has 0 rings (SSSR count). The van der Waals surface area contributed by atoms with Gasteiger partial charge in [0.25, 0.3) is 0 Å². The molecule has 0 fully saturated rings. The van der Waals surface area contributed by atoms with E-state index < -0.39 is 0 Å². The lowest BCUT2D eigenvalue weighted by molar-refractivity contribution is 0.284. The van der Waals surface area contributed by atoms with Crippen molar-refractivity contribution in [2.24, 2.45) is 11.7 Å². The summed E-state index contributed by atoms with van der Waals surface area (Å²) in [5, 5.41) is 0. The molecule has 0 saturated heterocycles. The van der Waals surface area contributed by atoms with Crippen LogP contribution in [0.15, 0.2) is 0 Å². The fourth-order valence-electron chi connectivity index (χ4n) is 1.42. The zero-order chi connectivity index (χ0) is 11.0. The summed E-state index contributed by atoms with van der Waals surface area (Å²) in [6.07, 6.45) is 3.44. The minimum absolute atomic E-state index is 0.632. The van der Waals surface area contributed by atoms with Crippen molar-refractivity contribution in [2.45, 2.75) is 40.0 Å².